The molecule has 1 saturated heterocycles. The van der Waals surface area contributed by atoms with Gasteiger partial charge in [-0.3, -0.25) is 4.79 Å². The fraction of sp³-hybridized carbons (Fsp3) is 0.263. The summed E-state index contributed by atoms with van der Waals surface area (Å²) in [5.74, 6) is 0.758. The molecule has 1 fully saturated rings. The van der Waals surface area contributed by atoms with E-state index >= 15 is 0 Å². The van der Waals surface area contributed by atoms with E-state index in [2.05, 4.69) is 20.8 Å². The quantitative estimate of drug-likeness (QED) is 0.754. The van der Waals surface area contributed by atoms with E-state index in [0.717, 1.165) is 23.5 Å². The molecule has 0 saturated carbocycles. The molecule has 0 spiro atoms. The molecule has 8 heteroatoms. The van der Waals surface area contributed by atoms with Gasteiger partial charge in [-0.25, -0.2) is 4.68 Å². The van der Waals surface area contributed by atoms with Gasteiger partial charge in [0.25, 0.3) is 5.91 Å². The molecular weight excluding hydrogens is 344 g/mol. The summed E-state index contributed by atoms with van der Waals surface area (Å²) in [6.07, 6.45) is 1.51. The van der Waals surface area contributed by atoms with Crippen molar-refractivity contribution in [1.82, 2.24) is 30.4 Å². The number of amides is 1. The molecule has 1 atom stereocenters. The van der Waals surface area contributed by atoms with Crippen molar-refractivity contribution in [2.75, 3.05) is 26.7 Å². The smallest absolute Gasteiger partial charge is 0.254 e. The third kappa shape index (κ3) is 3.39. The predicted octanol–water partition coefficient (Wildman–Crippen LogP) is 1.46. The van der Waals surface area contributed by atoms with Crippen LogP contribution in [0.1, 0.15) is 22.0 Å². The first kappa shape index (κ1) is 17.2. The van der Waals surface area contributed by atoms with Gasteiger partial charge in [0.05, 0.1) is 18.8 Å². The maximum Gasteiger partial charge on any atom is 0.254 e. The summed E-state index contributed by atoms with van der Waals surface area (Å²) in [5, 5.41) is 14.6. The van der Waals surface area contributed by atoms with Gasteiger partial charge in [0.1, 0.15) is 12.1 Å². The topological polar surface area (TPSA) is 85.2 Å². The van der Waals surface area contributed by atoms with Crippen LogP contribution < -0.4 is 10.1 Å². The average Bonchev–Trinajstić information content (AvgIpc) is 3.28. The number of benzene rings is 2. The van der Waals surface area contributed by atoms with Gasteiger partial charge in [0.2, 0.25) is 0 Å². The SMILES string of the molecule is COc1ccccc1C1CNCCN1C(=O)c1cccc(-n2cnnn2)c1. The Labute approximate surface area is 156 Å². The number of tetrazole rings is 1. The zero-order valence-corrected chi connectivity index (χ0v) is 14.9. The number of para-hydroxylation sites is 1. The Balaban J connectivity index is 1.66. The minimum Gasteiger partial charge on any atom is -0.496 e. The van der Waals surface area contributed by atoms with Gasteiger partial charge in [-0.1, -0.05) is 24.3 Å². The fourth-order valence-electron chi connectivity index (χ4n) is 3.39. The molecule has 2 aromatic carbocycles. The number of methoxy groups -OCH3 is 1. The summed E-state index contributed by atoms with van der Waals surface area (Å²) < 4.78 is 7.04. The zero-order chi connectivity index (χ0) is 18.6. The minimum atomic E-state index is -0.0981. The van der Waals surface area contributed by atoms with Crippen molar-refractivity contribution in [3.05, 3.63) is 66.0 Å². The van der Waals surface area contributed by atoms with Crippen molar-refractivity contribution in [3.63, 3.8) is 0 Å². The van der Waals surface area contributed by atoms with E-state index in [1.165, 1.54) is 11.0 Å². The number of ether oxygens (including phenoxy) is 1. The van der Waals surface area contributed by atoms with Gasteiger partial charge in [-0.05, 0) is 34.7 Å². The van der Waals surface area contributed by atoms with Gasteiger partial charge < -0.3 is 15.0 Å². The van der Waals surface area contributed by atoms with Gasteiger partial charge in [0, 0.05) is 30.8 Å². The Bertz CT molecular complexity index is 927. The van der Waals surface area contributed by atoms with Gasteiger partial charge in [-0.15, -0.1) is 5.10 Å². The van der Waals surface area contributed by atoms with E-state index in [9.17, 15) is 4.79 Å². The lowest BCUT2D eigenvalue weighted by atomic mass is 10.0. The highest BCUT2D eigenvalue weighted by molar-refractivity contribution is 5.95. The van der Waals surface area contributed by atoms with Crippen molar-refractivity contribution in [3.8, 4) is 11.4 Å². The molecule has 8 nitrogen and oxygen atoms in total. The standard InChI is InChI=1S/C19H20N6O2/c1-27-18-8-3-2-7-16(18)17-12-20-9-10-24(17)19(26)14-5-4-6-15(11-14)25-13-21-22-23-25/h2-8,11,13,17,20H,9-10,12H2,1H3. The van der Waals surface area contributed by atoms with Crippen LogP contribution in [0.25, 0.3) is 5.69 Å². The van der Waals surface area contributed by atoms with Crippen molar-refractivity contribution in [2.24, 2.45) is 0 Å². The first-order valence-corrected chi connectivity index (χ1v) is 8.76. The van der Waals surface area contributed by atoms with Gasteiger partial charge >= 0.3 is 0 Å². The Morgan fingerprint density at radius 1 is 1.22 bits per heavy atom. The van der Waals surface area contributed by atoms with E-state index in [0.29, 0.717) is 18.7 Å². The van der Waals surface area contributed by atoms with Crippen molar-refractivity contribution in [1.29, 1.82) is 0 Å². The number of nitrogens with zero attached hydrogens (tertiary/aromatic N) is 5. The van der Waals surface area contributed by atoms with E-state index in [4.69, 9.17) is 4.74 Å². The fourth-order valence-corrected chi connectivity index (χ4v) is 3.39. The minimum absolute atomic E-state index is 0.0256. The first-order valence-electron chi connectivity index (χ1n) is 8.76. The maximum absolute atomic E-state index is 13.3. The lowest BCUT2D eigenvalue weighted by molar-refractivity contribution is 0.0631. The Hall–Kier alpha value is -3.26. The van der Waals surface area contributed by atoms with Gasteiger partial charge in [-0.2, -0.15) is 0 Å². The summed E-state index contributed by atoms with van der Waals surface area (Å²) >= 11 is 0. The second kappa shape index (κ2) is 7.55. The Morgan fingerprint density at radius 2 is 2.11 bits per heavy atom. The van der Waals surface area contributed by atoms with Crippen molar-refractivity contribution >= 4 is 5.91 Å². The first-order chi connectivity index (χ1) is 13.3. The number of carbonyl (C=O) groups is 1. The largest absolute Gasteiger partial charge is 0.496 e. The number of nitrogens with one attached hydrogen (secondary N) is 1. The lowest BCUT2D eigenvalue weighted by Crippen LogP contribution is -2.48. The molecule has 3 aromatic rings. The van der Waals surface area contributed by atoms with Crippen LogP contribution in [-0.4, -0.2) is 57.8 Å². The molecule has 1 amide bonds. The predicted molar refractivity (Wildman–Crippen MR) is 98.8 cm³/mol. The second-order valence-corrected chi connectivity index (χ2v) is 6.27. The third-order valence-corrected chi connectivity index (χ3v) is 4.71. The van der Waals surface area contributed by atoms with Crippen molar-refractivity contribution in [2.45, 2.75) is 6.04 Å². The molecule has 0 radical (unpaired) electrons. The molecule has 1 aromatic heterocycles. The highest BCUT2D eigenvalue weighted by atomic mass is 16.5. The molecule has 1 unspecified atom stereocenters. The number of hydrogen-bond acceptors (Lipinski definition) is 6. The van der Waals surface area contributed by atoms with E-state index < -0.39 is 0 Å². The van der Waals surface area contributed by atoms with Crippen LogP contribution in [0.4, 0.5) is 0 Å². The number of carbonyl (C=O) groups excluding carboxylic acids is 1. The number of hydrogen-bond donors (Lipinski definition) is 1. The van der Waals surface area contributed by atoms with Gasteiger partial charge in [0.15, 0.2) is 0 Å². The number of piperazine rings is 1. The van der Waals surface area contributed by atoms with Crippen LogP contribution in [0, 0.1) is 0 Å². The molecule has 0 bridgehead atoms. The molecular formula is C19H20N6O2. The van der Waals surface area contributed by atoms with Crippen LogP contribution in [-0.2, 0) is 0 Å². The molecule has 2 heterocycles. The normalized spacial score (nSPS) is 16.9. The maximum atomic E-state index is 13.3. The summed E-state index contributed by atoms with van der Waals surface area (Å²) in [6, 6.07) is 15.1. The molecule has 1 N–H and O–H groups in total. The second-order valence-electron chi connectivity index (χ2n) is 6.27. The van der Waals surface area contributed by atoms with Crippen LogP contribution >= 0.6 is 0 Å². The zero-order valence-electron chi connectivity index (χ0n) is 14.9. The van der Waals surface area contributed by atoms with E-state index in [-0.39, 0.29) is 11.9 Å². The highest BCUT2D eigenvalue weighted by Gasteiger charge is 2.30. The van der Waals surface area contributed by atoms with Crippen LogP contribution in [0.3, 0.4) is 0 Å². The number of rotatable bonds is 4. The third-order valence-electron chi connectivity index (χ3n) is 4.71. The van der Waals surface area contributed by atoms with E-state index in [1.54, 1.807) is 13.2 Å². The molecule has 4 rings (SSSR count). The van der Waals surface area contributed by atoms with Crippen LogP contribution in [0.2, 0.25) is 0 Å². The molecule has 1 aliphatic rings. The van der Waals surface area contributed by atoms with E-state index in [1.807, 2.05) is 47.4 Å². The number of aromatic nitrogens is 4. The van der Waals surface area contributed by atoms with Crippen LogP contribution in [0.5, 0.6) is 5.75 Å². The average molecular weight is 364 g/mol. The molecule has 27 heavy (non-hydrogen) atoms. The lowest BCUT2D eigenvalue weighted by Gasteiger charge is -2.37. The molecule has 1 aliphatic heterocycles. The molecule has 138 valence electrons. The summed E-state index contributed by atoms with van der Waals surface area (Å²) in [7, 11) is 1.65. The van der Waals surface area contributed by atoms with Crippen molar-refractivity contribution < 1.29 is 9.53 Å². The molecule has 0 aliphatic carbocycles. The highest BCUT2D eigenvalue weighted by Crippen LogP contribution is 2.31. The summed E-state index contributed by atoms with van der Waals surface area (Å²) in [4.78, 5) is 15.2. The Kier molecular flexibility index (Phi) is 4.80. The Morgan fingerprint density at radius 3 is 2.93 bits per heavy atom. The monoisotopic (exact) mass is 364 g/mol. The summed E-state index contributed by atoms with van der Waals surface area (Å²) in [6.45, 7) is 2.06. The van der Waals surface area contributed by atoms with Crippen LogP contribution in [0.15, 0.2) is 54.9 Å². The summed E-state index contributed by atoms with van der Waals surface area (Å²) in [5.41, 5.74) is 2.34.